The summed E-state index contributed by atoms with van der Waals surface area (Å²) in [6, 6.07) is 23.4. The molecule has 12 nitrogen and oxygen atoms in total. The van der Waals surface area contributed by atoms with E-state index in [9.17, 15) is 25.1 Å². The molecule has 3 N–H and O–H groups in total. The van der Waals surface area contributed by atoms with Crippen molar-refractivity contribution in [2.45, 2.75) is 32.2 Å². The van der Waals surface area contributed by atoms with Crippen LogP contribution < -0.4 is 14.8 Å². The van der Waals surface area contributed by atoms with E-state index in [-0.39, 0.29) is 36.9 Å². The summed E-state index contributed by atoms with van der Waals surface area (Å²) in [5.74, 6) is -1.10. The maximum atomic E-state index is 12.1. The second kappa shape index (κ2) is 13.2. The molecule has 5 aromatic rings. The van der Waals surface area contributed by atoms with Crippen molar-refractivity contribution in [3.8, 4) is 22.6 Å². The third-order valence-electron chi connectivity index (χ3n) is 7.06. The van der Waals surface area contributed by atoms with Gasteiger partial charge in [0.05, 0.1) is 11.5 Å². The molecule has 5 rings (SSSR count). The summed E-state index contributed by atoms with van der Waals surface area (Å²) in [7, 11) is 0. The maximum Gasteiger partial charge on any atom is 0.326 e. The van der Waals surface area contributed by atoms with E-state index >= 15 is 0 Å². The molecule has 4 aromatic carbocycles. The molecule has 0 aliphatic carbocycles. The van der Waals surface area contributed by atoms with Crippen molar-refractivity contribution in [1.82, 2.24) is 15.6 Å². The molecule has 0 aliphatic heterocycles. The highest BCUT2D eigenvalue weighted by Crippen LogP contribution is 2.37. The minimum absolute atomic E-state index is 0.0105. The Bertz CT molecular complexity index is 1810. The predicted molar refractivity (Wildman–Crippen MR) is 163 cm³/mol. The smallest absolute Gasteiger partial charge is 0.326 e. The number of nitrogens with one attached hydrogen (secondary N) is 1. The van der Waals surface area contributed by atoms with Gasteiger partial charge in [-0.15, -0.1) is 0 Å². The number of aliphatic hydroxyl groups excluding tert-OH is 1. The second-order valence-electron chi connectivity index (χ2n) is 10.1. The lowest BCUT2D eigenvalue weighted by atomic mass is 10.0. The van der Waals surface area contributed by atoms with E-state index in [1.165, 1.54) is 19.1 Å². The van der Waals surface area contributed by atoms with Gasteiger partial charge in [-0.3, -0.25) is 20.2 Å². The highest BCUT2D eigenvalue weighted by molar-refractivity contribution is 9.10. The van der Waals surface area contributed by atoms with Crippen LogP contribution in [0.25, 0.3) is 22.2 Å². The Hall–Kier alpha value is -4.85. The molecule has 0 radical (unpaired) electrons. The van der Waals surface area contributed by atoms with Crippen LogP contribution in [-0.4, -0.2) is 43.6 Å². The molecule has 1 aromatic heterocycles. The molecule has 0 spiro atoms. The first-order valence-electron chi connectivity index (χ1n) is 13.4. The van der Waals surface area contributed by atoms with E-state index in [1.807, 2.05) is 48.5 Å². The zero-order chi connectivity index (χ0) is 31.3. The van der Waals surface area contributed by atoms with E-state index < -0.39 is 23.0 Å². The van der Waals surface area contributed by atoms with E-state index in [4.69, 9.17) is 14.1 Å². The Labute approximate surface area is 259 Å². The third kappa shape index (κ3) is 6.70. The number of fused-ring (bicyclic) bond motifs is 1. The van der Waals surface area contributed by atoms with Gasteiger partial charge in [-0.1, -0.05) is 54.6 Å². The van der Waals surface area contributed by atoms with Gasteiger partial charge in [0, 0.05) is 34.3 Å². The molecule has 0 aliphatic rings. The lowest BCUT2D eigenvalue weighted by Crippen LogP contribution is -2.52. The van der Waals surface area contributed by atoms with Crippen molar-refractivity contribution in [2.75, 3.05) is 6.61 Å². The lowest BCUT2D eigenvalue weighted by Gasteiger charge is -2.24. The van der Waals surface area contributed by atoms with Gasteiger partial charge >= 0.3 is 11.7 Å². The van der Waals surface area contributed by atoms with Crippen LogP contribution in [0.2, 0.25) is 0 Å². The van der Waals surface area contributed by atoms with E-state index in [0.29, 0.717) is 16.6 Å². The summed E-state index contributed by atoms with van der Waals surface area (Å²) < 4.78 is 17.7. The van der Waals surface area contributed by atoms with Gasteiger partial charge in [-0.2, -0.15) is 0 Å². The molecule has 44 heavy (non-hydrogen) atoms. The van der Waals surface area contributed by atoms with Crippen LogP contribution in [0, 0.1) is 10.1 Å². The molecule has 0 amide bonds. The number of halogens is 1. The van der Waals surface area contributed by atoms with Crippen molar-refractivity contribution < 1.29 is 34.0 Å². The summed E-state index contributed by atoms with van der Waals surface area (Å²) in [4.78, 5) is 23.3. The van der Waals surface area contributed by atoms with Crippen LogP contribution in [0.4, 0.5) is 5.69 Å². The zero-order valence-electron chi connectivity index (χ0n) is 23.4. The standard InChI is InChI=1S/C31H27BrN4O8/c1-31(18-37,30(38)39)33-15-22-13-26(36(40)41)28(14-27(22)42-16-19-10-11-24-25(12-19)35-44-34-24)43-17-21-8-5-9-23(29(21)32)20-6-3-2-4-7-20/h2-14,33,37H,15-18H2,1H3,(H,38,39)/t31-/m0/s1. The van der Waals surface area contributed by atoms with Crippen LogP contribution in [0.5, 0.6) is 11.5 Å². The van der Waals surface area contributed by atoms with Gasteiger partial charge in [0.2, 0.25) is 5.75 Å². The van der Waals surface area contributed by atoms with Crippen molar-refractivity contribution >= 4 is 38.6 Å². The van der Waals surface area contributed by atoms with Crippen LogP contribution in [0.15, 0.2) is 88.0 Å². The number of aliphatic hydroxyl groups is 1. The number of nitro groups is 1. The minimum atomic E-state index is -1.69. The number of hydrogen-bond donors (Lipinski definition) is 3. The number of hydrogen-bond acceptors (Lipinski definition) is 10. The summed E-state index contributed by atoms with van der Waals surface area (Å²) in [6.45, 7) is 0.510. The first-order chi connectivity index (χ1) is 21.2. The van der Waals surface area contributed by atoms with Crippen molar-refractivity contribution in [3.05, 3.63) is 110 Å². The number of carboxylic acids is 1. The quantitative estimate of drug-likeness (QED) is 0.105. The maximum absolute atomic E-state index is 12.1. The SMILES string of the molecule is C[C@@](CO)(NCc1cc([N+](=O)[O-])c(OCc2cccc(-c3ccccc3)c2Br)cc1OCc1ccc2nonc2c1)C(=O)O. The number of aliphatic carboxylic acids is 1. The Morgan fingerprint density at radius 2 is 1.73 bits per heavy atom. The van der Waals surface area contributed by atoms with E-state index in [1.54, 1.807) is 18.2 Å². The Morgan fingerprint density at radius 1 is 0.977 bits per heavy atom. The topological polar surface area (TPSA) is 170 Å². The first-order valence-corrected chi connectivity index (χ1v) is 14.2. The van der Waals surface area contributed by atoms with Crippen LogP contribution >= 0.6 is 15.9 Å². The second-order valence-corrected chi connectivity index (χ2v) is 10.9. The number of aromatic nitrogens is 2. The summed E-state index contributed by atoms with van der Waals surface area (Å²) >= 11 is 3.66. The number of rotatable bonds is 13. The highest BCUT2D eigenvalue weighted by atomic mass is 79.9. The molecular formula is C31H27BrN4O8. The summed E-state index contributed by atoms with van der Waals surface area (Å²) in [5, 5.41) is 41.8. The Balaban J connectivity index is 1.46. The lowest BCUT2D eigenvalue weighted by molar-refractivity contribution is -0.386. The molecule has 0 fully saturated rings. The van der Waals surface area contributed by atoms with Gasteiger partial charge in [0.25, 0.3) is 0 Å². The van der Waals surface area contributed by atoms with Crippen molar-refractivity contribution in [3.63, 3.8) is 0 Å². The molecule has 1 heterocycles. The molecule has 0 unspecified atom stereocenters. The average molecular weight is 663 g/mol. The van der Waals surface area contributed by atoms with Gasteiger partial charge in [-0.05, 0) is 62.0 Å². The third-order valence-corrected chi connectivity index (χ3v) is 7.99. The molecule has 1 atom stereocenters. The van der Waals surface area contributed by atoms with Crippen LogP contribution in [0.3, 0.4) is 0 Å². The summed E-state index contributed by atoms with van der Waals surface area (Å²) in [6.07, 6.45) is 0. The normalized spacial score (nSPS) is 12.5. The van der Waals surface area contributed by atoms with Crippen molar-refractivity contribution in [1.29, 1.82) is 0 Å². The fraction of sp³-hybridized carbons (Fsp3) is 0.194. The minimum Gasteiger partial charge on any atom is -0.488 e. The van der Waals surface area contributed by atoms with Crippen LogP contribution in [0.1, 0.15) is 23.6 Å². The Morgan fingerprint density at radius 3 is 2.45 bits per heavy atom. The van der Waals surface area contributed by atoms with Gasteiger partial charge in [-0.25, -0.2) is 4.63 Å². The fourth-order valence-electron chi connectivity index (χ4n) is 4.38. The Kier molecular flexibility index (Phi) is 9.18. The van der Waals surface area contributed by atoms with Gasteiger partial charge in [0.1, 0.15) is 35.5 Å². The average Bonchev–Trinajstić information content (AvgIpc) is 3.50. The van der Waals surface area contributed by atoms with Gasteiger partial charge in [0.15, 0.2) is 0 Å². The van der Waals surface area contributed by atoms with E-state index in [2.05, 4.69) is 31.6 Å². The monoisotopic (exact) mass is 662 g/mol. The number of carboxylic acid groups (broad SMARTS) is 1. The molecule has 0 saturated carbocycles. The predicted octanol–water partition coefficient (Wildman–Crippen LogP) is 5.64. The molecule has 13 heteroatoms. The zero-order valence-corrected chi connectivity index (χ0v) is 25.0. The van der Waals surface area contributed by atoms with E-state index in [0.717, 1.165) is 26.7 Å². The fourth-order valence-corrected chi connectivity index (χ4v) is 4.99. The number of carbonyl (C=O) groups is 1. The molecule has 226 valence electrons. The number of nitro benzene ring substituents is 1. The van der Waals surface area contributed by atoms with Crippen LogP contribution in [-0.2, 0) is 24.6 Å². The molecular weight excluding hydrogens is 636 g/mol. The molecule has 0 bridgehead atoms. The first kappa shape index (κ1) is 30.6. The highest BCUT2D eigenvalue weighted by Gasteiger charge is 2.32. The van der Waals surface area contributed by atoms with Crippen molar-refractivity contribution in [2.24, 2.45) is 0 Å². The number of benzene rings is 4. The number of ether oxygens (including phenoxy) is 2. The summed E-state index contributed by atoms with van der Waals surface area (Å²) in [5.41, 5.74) is 2.80. The largest absolute Gasteiger partial charge is 0.488 e. The number of nitrogens with zero attached hydrogens (tertiary/aromatic N) is 3. The molecule has 0 saturated heterocycles. The van der Waals surface area contributed by atoms with Gasteiger partial charge < -0.3 is 19.7 Å².